The largest absolute Gasteiger partial charge is 0.457 e. The average molecular weight is 434 g/mol. The van der Waals surface area contributed by atoms with Gasteiger partial charge in [-0.1, -0.05) is 13.0 Å². The Kier molecular flexibility index (Phi) is 5.78. The molecule has 0 N–H and O–H groups in total. The van der Waals surface area contributed by atoms with Gasteiger partial charge in [0, 0.05) is 0 Å². The van der Waals surface area contributed by atoms with Gasteiger partial charge in [-0.05, 0) is 81.6 Å². The molecule has 0 amide bonds. The number of ketones is 2. The zero-order chi connectivity index (χ0) is 23.2. The highest BCUT2D eigenvalue weighted by atomic mass is 19.4. The molecule has 31 heavy (non-hydrogen) atoms. The molecule has 7 heteroatoms. The number of hydrogen-bond donors (Lipinski definition) is 0. The van der Waals surface area contributed by atoms with Gasteiger partial charge in [-0.3, -0.25) is 9.59 Å². The van der Waals surface area contributed by atoms with Crippen LogP contribution in [0.15, 0.2) is 42.5 Å². The number of carbonyl (C=O) groups excluding carboxylic acids is 2. The van der Waals surface area contributed by atoms with E-state index in [1.54, 1.807) is 45.9 Å². The summed E-state index contributed by atoms with van der Waals surface area (Å²) >= 11 is 0. The van der Waals surface area contributed by atoms with Crippen molar-refractivity contribution < 1.29 is 32.2 Å². The maximum Gasteiger partial charge on any atom is 0.416 e. The first-order valence-electron chi connectivity index (χ1n) is 10.0. The molecule has 0 unspecified atom stereocenters. The van der Waals surface area contributed by atoms with Crippen molar-refractivity contribution in [2.75, 3.05) is 0 Å². The fraction of sp³-hybridized carbons (Fsp3) is 0.417. The second kappa shape index (κ2) is 7.79. The first kappa shape index (κ1) is 23.0. The third kappa shape index (κ3) is 4.51. The number of ether oxygens (including phenoxy) is 2. The number of aryl methyl sites for hydroxylation is 1. The lowest BCUT2D eigenvalue weighted by atomic mass is 9.73. The zero-order valence-electron chi connectivity index (χ0n) is 18.1. The number of benzene rings is 2. The fourth-order valence-electron chi connectivity index (χ4n) is 3.91. The zero-order valence-corrected chi connectivity index (χ0v) is 18.1. The molecule has 0 aliphatic carbocycles. The minimum Gasteiger partial charge on any atom is -0.457 e. The van der Waals surface area contributed by atoms with E-state index in [1.807, 2.05) is 6.92 Å². The summed E-state index contributed by atoms with van der Waals surface area (Å²) in [4.78, 5) is 26.2. The number of alkyl halides is 3. The van der Waals surface area contributed by atoms with Crippen LogP contribution in [0.25, 0.3) is 0 Å². The van der Waals surface area contributed by atoms with Gasteiger partial charge >= 0.3 is 6.18 Å². The highest BCUT2D eigenvalue weighted by Crippen LogP contribution is 2.41. The van der Waals surface area contributed by atoms with E-state index in [0.29, 0.717) is 17.7 Å². The molecule has 1 aliphatic rings. The van der Waals surface area contributed by atoms with Crippen molar-refractivity contribution >= 4 is 11.6 Å². The predicted molar refractivity (Wildman–Crippen MR) is 109 cm³/mol. The van der Waals surface area contributed by atoms with Gasteiger partial charge in [-0.15, -0.1) is 0 Å². The van der Waals surface area contributed by atoms with Crippen molar-refractivity contribution in [2.45, 2.75) is 64.3 Å². The molecule has 0 aromatic heterocycles. The smallest absolute Gasteiger partial charge is 0.416 e. The quantitative estimate of drug-likeness (QED) is 0.565. The summed E-state index contributed by atoms with van der Waals surface area (Å²) < 4.78 is 49.8. The van der Waals surface area contributed by atoms with Gasteiger partial charge in [0.05, 0.1) is 5.56 Å². The first-order chi connectivity index (χ1) is 14.3. The number of hydrogen-bond acceptors (Lipinski definition) is 4. The molecule has 1 heterocycles. The molecular weight excluding hydrogens is 409 g/mol. The Morgan fingerprint density at radius 2 is 1.42 bits per heavy atom. The highest BCUT2D eigenvalue weighted by molar-refractivity contribution is 6.15. The third-order valence-electron chi connectivity index (χ3n) is 5.45. The van der Waals surface area contributed by atoms with Crippen molar-refractivity contribution in [3.05, 3.63) is 59.2 Å². The van der Waals surface area contributed by atoms with Crippen molar-refractivity contribution in [1.29, 1.82) is 0 Å². The van der Waals surface area contributed by atoms with Crippen LogP contribution in [0, 0.1) is 0 Å². The predicted octanol–water partition coefficient (Wildman–Crippen LogP) is 5.87. The van der Waals surface area contributed by atoms with E-state index in [2.05, 4.69) is 0 Å². The van der Waals surface area contributed by atoms with E-state index in [9.17, 15) is 22.8 Å². The van der Waals surface area contributed by atoms with Crippen LogP contribution in [0.4, 0.5) is 13.2 Å². The van der Waals surface area contributed by atoms with Gasteiger partial charge in [0.1, 0.15) is 28.6 Å². The van der Waals surface area contributed by atoms with Gasteiger partial charge in [-0.2, -0.15) is 13.2 Å². The summed E-state index contributed by atoms with van der Waals surface area (Å²) in [6.07, 6.45) is -3.84. The summed E-state index contributed by atoms with van der Waals surface area (Å²) in [5.74, 6) is -1.13. The molecule has 0 spiro atoms. The molecule has 2 aromatic carbocycles. The molecule has 2 aromatic rings. The second-order valence-electron chi connectivity index (χ2n) is 8.62. The lowest BCUT2D eigenvalue weighted by molar-refractivity contribution is -0.184. The minimum atomic E-state index is -4.43. The normalized spacial score (nSPS) is 18.8. The summed E-state index contributed by atoms with van der Waals surface area (Å²) in [5, 5.41) is 0. The number of halogens is 3. The van der Waals surface area contributed by atoms with Gasteiger partial charge in [0.25, 0.3) is 0 Å². The molecular formula is C24H25F3O4. The standard InChI is InChI=1S/C24H25F3O4/c1-6-14-7-10-17(30-16-11-8-15(9-12-16)24(25,26)27)13-18(14)19-20(28)22(2,3)31-23(4,5)21(19)29/h7-13,19H,6H2,1-5H3. The second-order valence-corrected chi connectivity index (χ2v) is 8.62. The Hall–Kier alpha value is -2.67. The molecule has 4 nitrogen and oxygen atoms in total. The maximum atomic E-state index is 13.1. The lowest BCUT2D eigenvalue weighted by Gasteiger charge is -2.43. The van der Waals surface area contributed by atoms with Crippen molar-refractivity contribution in [3.8, 4) is 11.5 Å². The molecule has 0 bridgehead atoms. The van der Waals surface area contributed by atoms with Crippen LogP contribution in [0.2, 0.25) is 0 Å². The third-order valence-corrected chi connectivity index (χ3v) is 5.45. The Balaban J connectivity index is 1.99. The number of carbonyl (C=O) groups is 2. The summed E-state index contributed by atoms with van der Waals surface area (Å²) in [5.41, 5.74) is -1.70. The molecule has 1 fully saturated rings. The van der Waals surface area contributed by atoms with E-state index < -0.39 is 28.9 Å². The SMILES string of the molecule is CCc1ccc(Oc2ccc(C(F)(F)F)cc2)cc1C1C(=O)C(C)(C)OC(C)(C)C1=O. The molecule has 1 aliphatic heterocycles. The highest BCUT2D eigenvalue weighted by Gasteiger charge is 2.53. The first-order valence-corrected chi connectivity index (χ1v) is 10.0. The number of rotatable bonds is 4. The molecule has 1 saturated heterocycles. The van der Waals surface area contributed by atoms with Crippen LogP contribution in [-0.2, 0) is 26.9 Å². The van der Waals surface area contributed by atoms with E-state index in [0.717, 1.165) is 17.7 Å². The van der Waals surface area contributed by atoms with Crippen molar-refractivity contribution in [2.24, 2.45) is 0 Å². The molecule has 0 atom stereocenters. The van der Waals surface area contributed by atoms with Gasteiger partial charge in [-0.25, -0.2) is 0 Å². The van der Waals surface area contributed by atoms with E-state index in [4.69, 9.17) is 9.47 Å². The fourth-order valence-corrected chi connectivity index (χ4v) is 3.91. The molecule has 166 valence electrons. The summed E-state index contributed by atoms with van der Waals surface area (Å²) in [7, 11) is 0. The monoisotopic (exact) mass is 434 g/mol. The van der Waals surface area contributed by atoms with Crippen LogP contribution in [0.5, 0.6) is 11.5 Å². The van der Waals surface area contributed by atoms with Crippen LogP contribution in [0.1, 0.15) is 57.2 Å². The van der Waals surface area contributed by atoms with Gasteiger partial charge in [0.15, 0.2) is 11.6 Å². The van der Waals surface area contributed by atoms with Crippen molar-refractivity contribution in [1.82, 2.24) is 0 Å². The van der Waals surface area contributed by atoms with Gasteiger partial charge in [0.2, 0.25) is 0 Å². The van der Waals surface area contributed by atoms with E-state index in [-0.39, 0.29) is 17.3 Å². The Morgan fingerprint density at radius 1 is 0.903 bits per heavy atom. The van der Waals surface area contributed by atoms with Crippen molar-refractivity contribution in [3.63, 3.8) is 0 Å². The van der Waals surface area contributed by atoms with E-state index >= 15 is 0 Å². The Labute approximate surface area is 179 Å². The maximum absolute atomic E-state index is 13.1. The Morgan fingerprint density at radius 3 is 1.90 bits per heavy atom. The minimum absolute atomic E-state index is 0.216. The molecule has 0 radical (unpaired) electrons. The Bertz CT molecular complexity index is 978. The van der Waals surface area contributed by atoms with Crippen LogP contribution >= 0.6 is 0 Å². The molecule has 0 saturated carbocycles. The van der Waals surface area contributed by atoms with Crippen LogP contribution in [0.3, 0.4) is 0 Å². The summed E-state index contributed by atoms with van der Waals surface area (Å²) in [6.45, 7) is 8.49. The molecule has 3 rings (SSSR count). The van der Waals surface area contributed by atoms with Gasteiger partial charge < -0.3 is 9.47 Å². The number of Topliss-reactive ketones (excluding diaryl/α,β-unsaturated/α-hetero) is 2. The van der Waals surface area contributed by atoms with E-state index in [1.165, 1.54) is 12.1 Å². The van der Waals surface area contributed by atoms with Crippen LogP contribution in [-0.4, -0.2) is 22.8 Å². The topological polar surface area (TPSA) is 52.6 Å². The van der Waals surface area contributed by atoms with Crippen LogP contribution < -0.4 is 4.74 Å². The lowest BCUT2D eigenvalue weighted by Crippen LogP contribution is -2.58. The summed E-state index contributed by atoms with van der Waals surface area (Å²) in [6, 6.07) is 9.39. The average Bonchev–Trinajstić information content (AvgIpc) is 2.66.